The minimum absolute atomic E-state index is 0.0158. The van der Waals surface area contributed by atoms with Gasteiger partial charge < -0.3 is 5.32 Å². The van der Waals surface area contributed by atoms with E-state index in [0.717, 1.165) is 19.3 Å². The van der Waals surface area contributed by atoms with Crippen LogP contribution in [0.15, 0.2) is 24.3 Å². The summed E-state index contributed by atoms with van der Waals surface area (Å²) in [6, 6.07) is 8.14. The highest BCUT2D eigenvalue weighted by Crippen LogP contribution is 2.34. The minimum Gasteiger partial charge on any atom is -0.348 e. The van der Waals surface area contributed by atoms with E-state index in [9.17, 15) is 4.79 Å². The van der Waals surface area contributed by atoms with Crippen molar-refractivity contribution in [3.05, 3.63) is 35.4 Å². The lowest BCUT2D eigenvalue weighted by Crippen LogP contribution is -2.31. The number of unbranched alkanes of at least 4 members (excludes halogenated alkanes) is 1. The molecule has 1 aromatic carbocycles. The Labute approximate surface area is 107 Å². The van der Waals surface area contributed by atoms with Crippen LogP contribution in [0.25, 0.3) is 0 Å². The summed E-state index contributed by atoms with van der Waals surface area (Å²) in [7, 11) is 0. The van der Waals surface area contributed by atoms with Gasteiger partial charge in [-0.1, -0.05) is 37.6 Å². The topological polar surface area (TPSA) is 29.1 Å². The van der Waals surface area contributed by atoms with Gasteiger partial charge in [0.25, 0.3) is 0 Å². The van der Waals surface area contributed by atoms with E-state index in [-0.39, 0.29) is 17.3 Å². The average Bonchev–Trinajstić information content (AvgIpc) is 2.64. The summed E-state index contributed by atoms with van der Waals surface area (Å²) in [6.07, 6.45) is 3.42. The van der Waals surface area contributed by atoms with Gasteiger partial charge in [-0.15, -0.1) is 11.6 Å². The maximum Gasteiger partial charge on any atom is 0.220 e. The van der Waals surface area contributed by atoms with Crippen molar-refractivity contribution < 1.29 is 4.79 Å². The average molecular weight is 252 g/mol. The third-order valence-corrected chi connectivity index (χ3v) is 3.65. The monoisotopic (exact) mass is 251 g/mol. The van der Waals surface area contributed by atoms with Gasteiger partial charge in [0.05, 0.1) is 11.4 Å². The zero-order valence-corrected chi connectivity index (χ0v) is 10.8. The second kappa shape index (κ2) is 5.54. The Hall–Kier alpha value is -1.02. The van der Waals surface area contributed by atoms with Crippen molar-refractivity contribution in [3.63, 3.8) is 0 Å². The third-order valence-electron chi connectivity index (χ3n) is 3.24. The first-order valence-corrected chi connectivity index (χ1v) is 6.67. The van der Waals surface area contributed by atoms with Crippen molar-refractivity contribution in [2.75, 3.05) is 0 Å². The van der Waals surface area contributed by atoms with Gasteiger partial charge in [-0.2, -0.15) is 0 Å². The molecule has 0 spiro atoms. The van der Waals surface area contributed by atoms with Crippen molar-refractivity contribution >= 4 is 17.5 Å². The predicted molar refractivity (Wildman–Crippen MR) is 70.2 cm³/mol. The summed E-state index contributed by atoms with van der Waals surface area (Å²) in [5, 5.41) is 3.03. The van der Waals surface area contributed by atoms with Crippen LogP contribution in [0, 0.1) is 0 Å². The van der Waals surface area contributed by atoms with Crippen molar-refractivity contribution in [2.45, 2.75) is 44.0 Å². The van der Waals surface area contributed by atoms with Crippen LogP contribution in [0.4, 0.5) is 0 Å². The number of carbonyl (C=O) groups is 1. The number of fused-ring (bicyclic) bond motifs is 1. The van der Waals surface area contributed by atoms with Crippen molar-refractivity contribution in [1.29, 1.82) is 0 Å². The molecule has 0 aromatic heterocycles. The van der Waals surface area contributed by atoms with Gasteiger partial charge in [0, 0.05) is 6.42 Å². The molecule has 2 nitrogen and oxygen atoms in total. The van der Waals surface area contributed by atoms with E-state index in [0.29, 0.717) is 6.42 Å². The molecule has 0 saturated carbocycles. The largest absolute Gasteiger partial charge is 0.348 e. The SMILES string of the molecule is CCCCC(=O)NC1c2ccccc2CC1Cl. The number of benzene rings is 1. The molecule has 17 heavy (non-hydrogen) atoms. The maximum absolute atomic E-state index is 11.7. The van der Waals surface area contributed by atoms with E-state index in [1.807, 2.05) is 12.1 Å². The molecule has 3 heteroatoms. The zero-order chi connectivity index (χ0) is 12.3. The molecule has 0 saturated heterocycles. The molecule has 0 aliphatic heterocycles. The fraction of sp³-hybridized carbons (Fsp3) is 0.500. The van der Waals surface area contributed by atoms with Crippen LogP contribution >= 0.6 is 11.6 Å². The number of alkyl halides is 1. The first-order chi connectivity index (χ1) is 8.22. The molecule has 2 unspecified atom stereocenters. The standard InChI is InChI=1S/C14H18ClNO/c1-2-3-8-13(17)16-14-11-7-5-4-6-10(11)9-12(14)15/h4-7,12,14H,2-3,8-9H2,1H3,(H,16,17). The number of carbonyl (C=O) groups excluding carboxylic acids is 1. The highest BCUT2D eigenvalue weighted by atomic mass is 35.5. The number of amides is 1. The minimum atomic E-state index is -0.0165. The molecule has 1 aromatic rings. The van der Waals surface area contributed by atoms with E-state index in [1.165, 1.54) is 11.1 Å². The molecule has 0 heterocycles. The van der Waals surface area contributed by atoms with E-state index in [1.54, 1.807) is 0 Å². The van der Waals surface area contributed by atoms with Gasteiger partial charge in [-0.3, -0.25) is 4.79 Å². The molecule has 0 radical (unpaired) electrons. The second-order valence-corrected chi connectivity index (χ2v) is 5.13. The summed E-state index contributed by atoms with van der Waals surface area (Å²) in [5.41, 5.74) is 2.44. The number of rotatable bonds is 4. The van der Waals surface area contributed by atoms with Crippen LogP contribution in [0.1, 0.15) is 43.4 Å². The number of hydrogen-bond donors (Lipinski definition) is 1. The fourth-order valence-corrected chi connectivity index (χ4v) is 2.66. The number of hydrogen-bond acceptors (Lipinski definition) is 1. The van der Waals surface area contributed by atoms with Gasteiger partial charge in [0.1, 0.15) is 0 Å². The molecule has 2 rings (SSSR count). The Morgan fingerprint density at radius 3 is 3.00 bits per heavy atom. The van der Waals surface area contributed by atoms with E-state index in [4.69, 9.17) is 11.6 Å². The van der Waals surface area contributed by atoms with Crippen molar-refractivity contribution in [3.8, 4) is 0 Å². The Morgan fingerprint density at radius 1 is 1.47 bits per heavy atom. The van der Waals surface area contributed by atoms with Gasteiger partial charge in [-0.25, -0.2) is 0 Å². The van der Waals surface area contributed by atoms with E-state index in [2.05, 4.69) is 24.4 Å². The van der Waals surface area contributed by atoms with Gasteiger partial charge in [-0.05, 0) is 24.0 Å². The lowest BCUT2D eigenvalue weighted by molar-refractivity contribution is -0.121. The Morgan fingerprint density at radius 2 is 2.24 bits per heavy atom. The molecule has 0 fully saturated rings. The van der Waals surface area contributed by atoms with Crippen LogP contribution < -0.4 is 5.32 Å². The molecule has 92 valence electrons. The molecule has 2 atom stereocenters. The maximum atomic E-state index is 11.7. The quantitative estimate of drug-likeness (QED) is 0.818. The molecule has 1 aliphatic rings. The summed E-state index contributed by atoms with van der Waals surface area (Å²) < 4.78 is 0. The van der Waals surface area contributed by atoms with Gasteiger partial charge in [0.2, 0.25) is 5.91 Å². The third kappa shape index (κ3) is 2.81. The van der Waals surface area contributed by atoms with Crippen LogP contribution in [0.2, 0.25) is 0 Å². The summed E-state index contributed by atoms with van der Waals surface area (Å²) in [5.74, 6) is 0.110. The summed E-state index contributed by atoms with van der Waals surface area (Å²) in [4.78, 5) is 11.7. The number of halogens is 1. The van der Waals surface area contributed by atoms with Gasteiger partial charge >= 0.3 is 0 Å². The Balaban J connectivity index is 2.04. The van der Waals surface area contributed by atoms with E-state index >= 15 is 0 Å². The highest BCUT2D eigenvalue weighted by molar-refractivity contribution is 6.21. The lowest BCUT2D eigenvalue weighted by atomic mass is 10.1. The first kappa shape index (κ1) is 12.4. The molecule has 1 amide bonds. The zero-order valence-electron chi connectivity index (χ0n) is 10.1. The molecule has 0 bridgehead atoms. The summed E-state index contributed by atoms with van der Waals surface area (Å²) >= 11 is 6.31. The molecule has 1 N–H and O–H groups in total. The summed E-state index contributed by atoms with van der Waals surface area (Å²) in [6.45, 7) is 2.09. The Bertz CT molecular complexity index is 405. The Kier molecular flexibility index (Phi) is 4.06. The normalized spacial score (nSPS) is 22.2. The van der Waals surface area contributed by atoms with Crippen molar-refractivity contribution in [1.82, 2.24) is 5.32 Å². The fourth-order valence-electron chi connectivity index (χ4n) is 2.30. The van der Waals surface area contributed by atoms with Crippen LogP contribution in [-0.2, 0) is 11.2 Å². The second-order valence-electron chi connectivity index (χ2n) is 4.57. The highest BCUT2D eigenvalue weighted by Gasteiger charge is 2.31. The smallest absolute Gasteiger partial charge is 0.220 e. The van der Waals surface area contributed by atoms with Crippen LogP contribution in [0.5, 0.6) is 0 Å². The van der Waals surface area contributed by atoms with Crippen LogP contribution in [-0.4, -0.2) is 11.3 Å². The lowest BCUT2D eigenvalue weighted by Gasteiger charge is -2.17. The van der Waals surface area contributed by atoms with E-state index < -0.39 is 0 Å². The first-order valence-electron chi connectivity index (χ1n) is 6.23. The molecular formula is C14H18ClNO. The predicted octanol–water partition coefficient (Wildman–Crippen LogP) is 3.20. The molecular weight excluding hydrogens is 234 g/mol. The van der Waals surface area contributed by atoms with Crippen LogP contribution in [0.3, 0.4) is 0 Å². The van der Waals surface area contributed by atoms with Gasteiger partial charge in [0.15, 0.2) is 0 Å². The number of nitrogens with one attached hydrogen (secondary N) is 1. The molecule has 1 aliphatic carbocycles. The van der Waals surface area contributed by atoms with Crippen molar-refractivity contribution in [2.24, 2.45) is 0 Å².